The fourth-order valence-corrected chi connectivity index (χ4v) is 6.15. The molecule has 0 spiro atoms. The van der Waals surface area contributed by atoms with Crippen LogP contribution in [0.2, 0.25) is 0 Å². The van der Waals surface area contributed by atoms with Gasteiger partial charge in [-0.15, -0.1) is 4.58 Å². The molecule has 3 aromatic rings. The van der Waals surface area contributed by atoms with Crippen molar-refractivity contribution in [2.75, 3.05) is 20.6 Å². The average Bonchev–Trinajstić information content (AvgIpc) is 3.43. The summed E-state index contributed by atoms with van der Waals surface area (Å²) in [6, 6.07) is 5.55. The van der Waals surface area contributed by atoms with E-state index >= 15 is 0 Å². The summed E-state index contributed by atoms with van der Waals surface area (Å²) >= 11 is 0. The molecule has 5 rings (SSSR count). The van der Waals surface area contributed by atoms with E-state index < -0.39 is 42.1 Å². The molecule has 0 aliphatic carbocycles. The van der Waals surface area contributed by atoms with Crippen LogP contribution in [0.15, 0.2) is 65.8 Å². The molecule has 242 valence electrons. The number of rotatable bonds is 10. The van der Waals surface area contributed by atoms with Gasteiger partial charge in [-0.3, -0.25) is 4.79 Å². The standard InChI is InChI=1S/C34H37F3N6O3/c1-20(2)14-29-33(46)42(19-24-15-26(34(35,36)37)23(18-41(24)29)10-12-40(5)6)28(17-30(44)45)25-16-27(39-43-13-11-38-32(25)43)31-21(3)8-7-9-22(31)4/h7-9,11,13,15-16,18,20,28-29H,10,12,14,17H2,1-6H3/p+1/t28-,29+/m1/s1. The molecule has 9 nitrogen and oxygen atoms in total. The monoisotopic (exact) mass is 635 g/mol. The number of amides is 1. The number of hydrogen-bond donors (Lipinski definition) is 1. The summed E-state index contributed by atoms with van der Waals surface area (Å²) in [5, 5.41) is 14.8. The maximum absolute atomic E-state index is 14.4. The number of nitrogens with zero attached hydrogens (tertiary/aromatic N) is 6. The normalized spacial score (nSPS) is 17.6. The summed E-state index contributed by atoms with van der Waals surface area (Å²) in [4.78, 5) is 34.6. The molecule has 0 fully saturated rings. The number of benzene rings is 1. The van der Waals surface area contributed by atoms with Crippen LogP contribution in [0, 0.1) is 19.8 Å². The highest BCUT2D eigenvalue weighted by Crippen LogP contribution is 2.40. The van der Waals surface area contributed by atoms with Gasteiger partial charge in [-0.1, -0.05) is 32.0 Å². The minimum atomic E-state index is -4.65. The molecule has 12 heteroatoms. The smallest absolute Gasteiger partial charge is 0.419 e. The maximum Gasteiger partial charge on any atom is 0.419 e. The number of carboxylic acids is 1. The molecule has 2 aromatic heterocycles. The summed E-state index contributed by atoms with van der Waals surface area (Å²) < 4.78 is 45.9. The first-order valence-electron chi connectivity index (χ1n) is 15.2. The van der Waals surface area contributed by atoms with E-state index in [4.69, 9.17) is 5.10 Å². The Morgan fingerprint density at radius 3 is 2.50 bits per heavy atom. The summed E-state index contributed by atoms with van der Waals surface area (Å²) in [5.74, 6) is 1.28. The summed E-state index contributed by atoms with van der Waals surface area (Å²) in [5.41, 5.74) is 3.36. The molecule has 2 aliphatic heterocycles. The highest BCUT2D eigenvalue weighted by Gasteiger charge is 2.47. The van der Waals surface area contributed by atoms with Crippen molar-refractivity contribution in [1.29, 1.82) is 0 Å². The third-order valence-electron chi connectivity index (χ3n) is 8.29. The third kappa shape index (κ3) is 6.54. The van der Waals surface area contributed by atoms with E-state index in [1.54, 1.807) is 36.2 Å². The quantitative estimate of drug-likeness (QED) is 0.286. The highest BCUT2D eigenvalue weighted by molar-refractivity contribution is 5.83. The van der Waals surface area contributed by atoms with Crippen LogP contribution in [0.5, 0.6) is 0 Å². The summed E-state index contributed by atoms with van der Waals surface area (Å²) in [6.45, 7) is 8.14. The van der Waals surface area contributed by atoms with Crippen LogP contribution in [0.25, 0.3) is 16.9 Å². The molecule has 46 heavy (non-hydrogen) atoms. The zero-order valence-corrected chi connectivity index (χ0v) is 26.8. The first-order valence-corrected chi connectivity index (χ1v) is 15.2. The number of halogens is 3. The Kier molecular flexibility index (Phi) is 9.06. The van der Waals surface area contributed by atoms with Crippen LogP contribution in [-0.2, 0) is 9.59 Å². The second-order valence-electron chi connectivity index (χ2n) is 12.6. The Hall–Kier alpha value is -4.54. The average molecular weight is 636 g/mol. The molecule has 0 saturated heterocycles. The van der Waals surface area contributed by atoms with E-state index in [0.717, 1.165) is 22.8 Å². The summed E-state index contributed by atoms with van der Waals surface area (Å²) in [7, 11) is 3.57. The predicted molar refractivity (Wildman–Crippen MR) is 167 cm³/mol. The lowest BCUT2D eigenvalue weighted by Crippen LogP contribution is -2.49. The van der Waals surface area contributed by atoms with Gasteiger partial charge in [-0.25, -0.2) is 14.3 Å². The lowest BCUT2D eigenvalue weighted by atomic mass is 9.92. The number of hydrogen-bond acceptors (Lipinski definition) is 6. The second kappa shape index (κ2) is 12.7. The van der Waals surface area contributed by atoms with Gasteiger partial charge >= 0.3 is 18.1 Å². The van der Waals surface area contributed by atoms with Gasteiger partial charge < -0.3 is 14.9 Å². The number of carboxylic acid groups (broad SMARTS) is 1. The summed E-state index contributed by atoms with van der Waals surface area (Å²) in [6.07, 6.45) is 0.891. The van der Waals surface area contributed by atoms with Crippen LogP contribution in [0.1, 0.15) is 55.8 Å². The Labute approximate surface area is 265 Å². The van der Waals surface area contributed by atoms with Crippen molar-refractivity contribution in [1.82, 2.24) is 24.4 Å². The van der Waals surface area contributed by atoms with Gasteiger partial charge in [0.05, 0.1) is 16.8 Å². The highest BCUT2D eigenvalue weighted by atomic mass is 19.4. The molecule has 0 radical (unpaired) electrons. The Bertz CT molecular complexity index is 1810. The number of aliphatic carboxylic acids is 1. The van der Waals surface area contributed by atoms with E-state index in [9.17, 15) is 27.9 Å². The van der Waals surface area contributed by atoms with E-state index in [-0.39, 0.29) is 23.6 Å². The molecular weight excluding hydrogens is 597 g/mol. The fourth-order valence-electron chi connectivity index (χ4n) is 6.15. The van der Waals surface area contributed by atoms with Gasteiger partial charge in [0.25, 0.3) is 0 Å². The second-order valence-corrected chi connectivity index (χ2v) is 12.6. The van der Waals surface area contributed by atoms with Gasteiger partial charge in [-0.05, 0) is 75.5 Å². The van der Waals surface area contributed by atoms with Crippen molar-refractivity contribution in [3.05, 3.63) is 82.5 Å². The number of carbonyl (C=O) groups is 2. The number of fused-ring (bicyclic) bond motifs is 2. The van der Waals surface area contributed by atoms with Crippen molar-refractivity contribution in [2.45, 2.75) is 65.2 Å². The minimum Gasteiger partial charge on any atom is -0.481 e. The van der Waals surface area contributed by atoms with Gasteiger partial charge in [0.1, 0.15) is 6.42 Å². The first kappa shape index (κ1) is 32.8. The Morgan fingerprint density at radius 2 is 1.89 bits per heavy atom. The molecule has 2 atom stereocenters. The molecule has 0 bridgehead atoms. The van der Waals surface area contributed by atoms with Crippen LogP contribution in [0.4, 0.5) is 13.2 Å². The fraction of sp³-hybridized carbons (Fsp3) is 0.412. The van der Waals surface area contributed by atoms with Gasteiger partial charge in [-0.2, -0.15) is 18.3 Å². The molecule has 1 aromatic carbocycles. The molecule has 0 saturated carbocycles. The van der Waals surface area contributed by atoms with Crippen LogP contribution in [0.3, 0.4) is 0 Å². The topological polar surface area (TPSA) is 94.0 Å². The third-order valence-corrected chi connectivity index (χ3v) is 8.29. The van der Waals surface area contributed by atoms with E-state index in [0.29, 0.717) is 29.9 Å². The minimum absolute atomic E-state index is 0.00949. The van der Waals surface area contributed by atoms with Crippen molar-refractivity contribution in [3.8, 4) is 11.3 Å². The zero-order valence-electron chi connectivity index (χ0n) is 26.8. The van der Waals surface area contributed by atoms with Gasteiger partial charge in [0, 0.05) is 30.7 Å². The van der Waals surface area contributed by atoms with Gasteiger partial charge in [0.2, 0.25) is 11.9 Å². The first-order chi connectivity index (χ1) is 21.6. The number of alkyl halides is 3. The number of carbonyl (C=O) groups excluding carboxylic acids is 1. The number of aryl methyl sites for hydroxylation is 2. The van der Waals surface area contributed by atoms with Crippen molar-refractivity contribution in [2.24, 2.45) is 5.92 Å². The molecule has 4 heterocycles. The zero-order chi connectivity index (χ0) is 33.5. The maximum atomic E-state index is 14.4. The number of aromatic nitrogens is 3. The van der Waals surface area contributed by atoms with Crippen LogP contribution >= 0.6 is 0 Å². The van der Waals surface area contributed by atoms with E-state index in [1.165, 1.54) is 21.5 Å². The van der Waals surface area contributed by atoms with Crippen molar-refractivity contribution < 1.29 is 32.4 Å². The molecular formula is C34H38F3N6O3+. The molecule has 1 N–H and O–H groups in total. The Morgan fingerprint density at radius 1 is 1.20 bits per heavy atom. The van der Waals surface area contributed by atoms with Crippen molar-refractivity contribution >= 4 is 23.4 Å². The SMILES string of the molecule is Cc1cccc(C)c1-c1cc([C@@H](CC(=O)O)[N+]2=C=C3C=C(C(F)(F)F)C(CCN(C)C)=CN3[C@@H](CC(C)C)C2=O)c2nccn2n1. The van der Waals surface area contributed by atoms with E-state index in [2.05, 4.69) is 10.9 Å². The Balaban J connectivity index is 1.77. The number of imidazole rings is 1. The lowest BCUT2D eigenvalue weighted by molar-refractivity contribution is -0.493. The predicted octanol–water partition coefficient (Wildman–Crippen LogP) is 5.69. The van der Waals surface area contributed by atoms with Crippen LogP contribution in [-0.4, -0.2) is 84.7 Å². The van der Waals surface area contributed by atoms with Crippen molar-refractivity contribution in [3.63, 3.8) is 0 Å². The molecule has 2 aliphatic rings. The lowest BCUT2D eigenvalue weighted by Gasteiger charge is -2.35. The van der Waals surface area contributed by atoms with Gasteiger partial charge in [0.15, 0.2) is 17.4 Å². The number of allylic oxidation sites excluding steroid dienone is 2. The molecule has 1 amide bonds. The largest absolute Gasteiger partial charge is 0.481 e. The van der Waals surface area contributed by atoms with E-state index in [1.807, 2.05) is 45.9 Å². The van der Waals surface area contributed by atoms with Crippen LogP contribution < -0.4 is 0 Å². The molecule has 0 unspecified atom stereocenters.